The molecule has 20 heavy (non-hydrogen) atoms. The monoisotopic (exact) mass is 292 g/mol. The van der Waals surface area contributed by atoms with E-state index in [9.17, 15) is 4.79 Å². The molecular weight excluding hydrogens is 276 g/mol. The lowest BCUT2D eigenvalue weighted by Crippen LogP contribution is -2.45. The van der Waals surface area contributed by atoms with Crippen molar-refractivity contribution in [2.75, 3.05) is 25.0 Å². The largest absolute Gasteiger partial charge is 0.327 e. The van der Waals surface area contributed by atoms with Gasteiger partial charge in [0.15, 0.2) is 0 Å². The third kappa shape index (κ3) is 3.94. The third-order valence-electron chi connectivity index (χ3n) is 3.28. The van der Waals surface area contributed by atoms with Crippen molar-refractivity contribution in [1.29, 1.82) is 5.26 Å². The number of carbonyl (C=O) groups excluding carboxylic acids is 1. The Kier molecular flexibility index (Phi) is 4.96. The molecule has 0 spiro atoms. The average Bonchev–Trinajstić information content (AvgIpc) is 2.38. The minimum absolute atomic E-state index is 0.0973. The lowest BCUT2D eigenvalue weighted by Gasteiger charge is -2.29. The Morgan fingerprint density at radius 3 is 3.05 bits per heavy atom. The van der Waals surface area contributed by atoms with Crippen LogP contribution in [0.2, 0.25) is 5.02 Å². The van der Waals surface area contributed by atoms with Crippen molar-refractivity contribution in [2.45, 2.75) is 18.9 Å². The first-order valence-electron chi connectivity index (χ1n) is 6.56. The summed E-state index contributed by atoms with van der Waals surface area (Å²) in [5.41, 5.74) is 6.88. The van der Waals surface area contributed by atoms with E-state index in [1.165, 1.54) is 0 Å². The van der Waals surface area contributed by atoms with Gasteiger partial charge < -0.3 is 11.1 Å². The number of amides is 1. The van der Waals surface area contributed by atoms with Gasteiger partial charge >= 0.3 is 0 Å². The molecule has 1 aromatic carbocycles. The van der Waals surface area contributed by atoms with Gasteiger partial charge in [-0.2, -0.15) is 5.26 Å². The van der Waals surface area contributed by atoms with E-state index in [1.54, 1.807) is 18.2 Å². The van der Waals surface area contributed by atoms with Gasteiger partial charge in [-0.05, 0) is 37.6 Å². The van der Waals surface area contributed by atoms with Gasteiger partial charge in [0.05, 0.1) is 17.1 Å². The molecule has 1 aliphatic heterocycles. The Bertz CT molecular complexity index is 540. The summed E-state index contributed by atoms with van der Waals surface area (Å²) in [5.74, 6) is -0.0973. The van der Waals surface area contributed by atoms with Crippen LogP contribution in [0.5, 0.6) is 0 Å². The number of likely N-dealkylation sites (tertiary alicyclic amines) is 1. The number of nitrogens with two attached hydrogens (primary N) is 1. The molecular formula is C14H17ClN4O. The predicted octanol–water partition coefficient (Wildman–Crippen LogP) is 1.57. The van der Waals surface area contributed by atoms with Crippen LogP contribution in [0.4, 0.5) is 5.69 Å². The molecule has 5 nitrogen and oxygen atoms in total. The van der Waals surface area contributed by atoms with Gasteiger partial charge in [-0.3, -0.25) is 9.69 Å². The lowest BCUT2D eigenvalue weighted by molar-refractivity contribution is -0.117. The van der Waals surface area contributed by atoms with Crippen molar-refractivity contribution in [3.8, 4) is 6.07 Å². The number of hydrogen-bond acceptors (Lipinski definition) is 4. The maximum atomic E-state index is 12.0. The van der Waals surface area contributed by atoms with E-state index in [-0.39, 0.29) is 11.9 Å². The second-order valence-corrected chi connectivity index (χ2v) is 5.40. The average molecular weight is 293 g/mol. The number of carbonyl (C=O) groups is 1. The first-order chi connectivity index (χ1) is 9.58. The summed E-state index contributed by atoms with van der Waals surface area (Å²) in [5, 5.41) is 11.9. The van der Waals surface area contributed by atoms with Crippen LogP contribution < -0.4 is 11.1 Å². The van der Waals surface area contributed by atoms with E-state index >= 15 is 0 Å². The summed E-state index contributed by atoms with van der Waals surface area (Å²) in [6, 6.07) is 6.98. The van der Waals surface area contributed by atoms with E-state index in [0.717, 1.165) is 25.9 Å². The van der Waals surface area contributed by atoms with Crippen LogP contribution in [0.1, 0.15) is 18.4 Å². The highest BCUT2D eigenvalue weighted by atomic mass is 35.5. The smallest absolute Gasteiger partial charge is 0.238 e. The van der Waals surface area contributed by atoms with Gasteiger partial charge in [0.25, 0.3) is 0 Å². The number of piperidine rings is 1. The molecule has 1 saturated heterocycles. The Morgan fingerprint density at radius 2 is 2.40 bits per heavy atom. The molecule has 1 atom stereocenters. The van der Waals surface area contributed by atoms with E-state index in [1.807, 2.05) is 6.07 Å². The van der Waals surface area contributed by atoms with Crippen molar-refractivity contribution >= 4 is 23.2 Å². The molecule has 0 saturated carbocycles. The normalized spacial score (nSPS) is 19.4. The van der Waals surface area contributed by atoms with Gasteiger partial charge in [-0.15, -0.1) is 0 Å². The Balaban J connectivity index is 1.91. The minimum atomic E-state index is -0.0973. The fourth-order valence-electron chi connectivity index (χ4n) is 2.32. The van der Waals surface area contributed by atoms with Crippen LogP contribution in [-0.2, 0) is 4.79 Å². The van der Waals surface area contributed by atoms with Gasteiger partial charge in [-0.1, -0.05) is 11.6 Å². The molecule has 0 bridgehead atoms. The quantitative estimate of drug-likeness (QED) is 0.886. The maximum Gasteiger partial charge on any atom is 0.238 e. The van der Waals surface area contributed by atoms with Crippen LogP contribution in [0.3, 0.4) is 0 Å². The SMILES string of the molecule is N#Cc1ccc(NC(=O)CN2CCCC(N)C2)cc1Cl. The molecule has 1 heterocycles. The van der Waals surface area contributed by atoms with Crippen LogP contribution in [0, 0.1) is 11.3 Å². The van der Waals surface area contributed by atoms with E-state index < -0.39 is 0 Å². The van der Waals surface area contributed by atoms with Crippen LogP contribution in [0.15, 0.2) is 18.2 Å². The maximum absolute atomic E-state index is 12.0. The van der Waals surface area contributed by atoms with Gasteiger partial charge in [0.1, 0.15) is 6.07 Å². The second kappa shape index (κ2) is 6.71. The number of rotatable bonds is 3. The Labute approximate surface area is 123 Å². The molecule has 1 aromatic rings. The molecule has 2 rings (SSSR count). The molecule has 1 amide bonds. The highest BCUT2D eigenvalue weighted by Crippen LogP contribution is 2.20. The van der Waals surface area contributed by atoms with E-state index in [4.69, 9.17) is 22.6 Å². The van der Waals surface area contributed by atoms with Gasteiger partial charge in [0, 0.05) is 18.3 Å². The molecule has 6 heteroatoms. The van der Waals surface area contributed by atoms with Gasteiger partial charge in [0.2, 0.25) is 5.91 Å². The summed E-state index contributed by atoms with van der Waals surface area (Å²) >= 11 is 5.92. The molecule has 106 valence electrons. The standard InChI is InChI=1S/C14H17ClN4O/c15-13-6-12(4-3-10(13)7-16)18-14(20)9-19-5-1-2-11(17)8-19/h3-4,6,11H,1-2,5,8-9,17H2,(H,18,20). The summed E-state index contributed by atoms with van der Waals surface area (Å²) in [7, 11) is 0. The number of hydrogen-bond donors (Lipinski definition) is 2. The van der Waals surface area contributed by atoms with Crippen LogP contribution in [0.25, 0.3) is 0 Å². The number of nitrogens with zero attached hydrogens (tertiary/aromatic N) is 2. The minimum Gasteiger partial charge on any atom is -0.327 e. The molecule has 0 aromatic heterocycles. The van der Waals surface area contributed by atoms with E-state index in [2.05, 4.69) is 10.2 Å². The summed E-state index contributed by atoms with van der Waals surface area (Å²) in [6.07, 6.45) is 2.04. The fraction of sp³-hybridized carbons (Fsp3) is 0.429. The van der Waals surface area contributed by atoms with Crippen molar-refractivity contribution in [2.24, 2.45) is 5.73 Å². The van der Waals surface area contributed by atoms with Gasteiger partial charge in [-0.25, -0.2) is 0 Å². The molecule has 3 N–H and O–H groups in total. The summed E-state index contributed by atoms with van der Waals surface area (Å²) in [6.45, 7) is 1.97. The number of nitriles is 1. The van der Waals surface area contributed by atoms with Crippen molar-refractivity contribution in [3.63, 3.8) is 0 Å². The number of anilines is 1. The summed E-state index contributed by atoms with van der Waals surface area (Å²) < 4.78 is 0. The highest BCUT2D eigenvalue weighted by Gasteiger charge is 2.18. The van der Waals surface area contributed by atoms with Crippen molar-refractivity contribution in [1.82, 2.24) is 4.90 Å². The molecule has 1 fully saturated rings. The lowest BCUT2D eigenvalue weighted by atomic mass is 10.1. The Morgan fingerprint density at radius 1 is 1.60 bits per heavy atom. The second-order valence-electron chi connectivity index (χ2n) is 4.99. The highest BCUT2D eigenvalue weighted by molar-refractivity contribution is 6.32. The zero-order valence-corrected chi connectivity index (χ0v) is 11.9. The molecule has 0 radical (unpaired) electrons. The number of halogens is 1. The number of nitrogens with one attached hydrogen (secondary N) is 1. The number of benzene rings is 1. The molecule has 0 aliphatic carbocycles. The van der Waals surface area contributed by atoms with Crippen LogP contribution in [-0.4, -0.2) is 36.5 Å². The van der Waals surface area contributed by atoms with Crippen LogP contribution >= 0.6 is 11.6 Å². The fourth-order valence-corrected chi connectivity index (χ4v) is 2.54. The first-order valence-corrected chi connectivity index (χ1v) is 6.93. The zero-order chi connectivity index (χ0) is 14.5. The predicted molar refractivity (Wildman–Crippen MR) is 78.4 cm³/mol. The van der Waals surface area contributed by atoms with E-state index in [0.29, 0.717) is 22.8 Å². The third-order valence-corrected chi connectivity index (χ3v) is 3.60. The topological polar surface area (TPSA) is 82.2 Å². The van der Waals surface area contributed by atoms with Crippen molar-refractivity contribution in [3.05, 3.63) is 28.8 Å². The molecule has 1 aliphatic rings. The Hall–Kier alpha value is -1.61. The molecule has 1 unspecified atom stereocenters. The van der Waals surface area contributed by atoms with Crippen molar-refractivity contribution < 1.29 is 4.79 Å². The first kappa shape index (κ1) is 14.8. The zero-order valence-electron chi connectivity index (χ0n) is 11.1. The summed E-state index contributed by atoms with van der Waals surface area (Å²) in [4.78, 5) is 14.0.